The number of carbonyl (C=O) groups excluding carboxylic acids is 2. The monoisotopic (exact) mass is 346 g/mol. The van der Waals surface area contributed by atoms with E-state index < -0.39 is 6.04 Å². The van der Waals surface area contributed by atoms with Crippen LogP contribution in [-0.4, -0.2) is 17.9 Å². The highest BCUT2D eigenvalue weighted by Crippen LogP contribution is 2.28. The van der Waals surface area contributed by atoms with Crippen molar-refractivity contribution in [3.05, 3.63) is 64.9 Å². The second-order valence-electron chi connectivity index (χ2n) is 5.64. The molecule has 0 aliphatic carbocycles. The largest absolute Gasteiger partial charge is 0.350 e. The topological polar surface area (TPSA) is 49.4 Å². The second-order valence-corrected chi connectivity index (χ2v) is 6.08. The highest BCUT2D eigenvalue weighted by Gasteiger charge is 2.36. The van der Waals surface area contributed by atoms with Crippen molar-refractivity contribution in [2.24, 2.45) is 0 Å². The molecule has 24 heavy (non-hydrogen) atoms. The molecule has 4 nitrogen and oxygen atoms in total. The molecule has 3 rings (SSSR count). The van der Waals surface area contributed by atoms with Gasteiger partial charge in [0.05, 0.1) is 0 Å². The van der Waals surface area contributed by atoms with Gasteiger partial charge < -0.3 is 5.32 Å². The number of hydrogen-bond acceptors (Lipinski definition) is 2. The van der Waals surface area contributed by atoms with Gasteiger partial charge in [-0.1, -0.05) is 23.7 Å². The Balaban J connectivity index is 1.69. The Morgan fingerprint density at radius 1 is 1.17 bits per heavy atom. The third kappa shape index (κ3) is 3.57. The van der Waals surface area contributed by atoms with Gasteiger partial charge in [-0.15, -0.1) is 0 Å². The standard InChI is InChI=1S/C18H16ClFN2O2/c19-13-3-7-15(8-4-13)22-16(9-10-17(22)23)18(24)21-11-12-1-5-14(20)6-2-12/h1-8,16H,9-11H2,(H,21,24). The lowest BCUT2D eigenvalue weighted by atomic mass is 10.1. The third-order valence-corrected chi connectivity index (χ3v) is 4.25. The van der Waals surface area contributed by atoms with Crippen molar-refractivity contribution >= 4 is 29.1 Å². The number of hydrogen-bond donors (Lipinski definition) is 1. The van der Waals surface area contributed by atoms with Crippen LogP contribution in [0.25, 0.3) is 0 Å². The minimum Gasteiger partial charge on any atom is -0.350 e. The molecule has 1 N–H and O–H groups in total. The van der Waals surface area contributed by atoms with Crippen molar-refractivity contribution in [1.29, 1.82) is 0 Å². The molecule has 1 heterocycles. The van der Waals surface area contributed by atoms with E-state index in [1.54, 1.807) is 36.4 Å². The second kappa shape index (κ2) is 7.01. The molecule has 1 unspecified atom stereocenters. The molecule has 0 spiro atoms. The number of amides is 2. The van der Waals surface area contributed by atoms with E-state index >= 15 is 0 Å². The van der Waals surface area contributed by atoms with Crippen LogP contribution < -0.4 is 10.2 Å². The van der Waals surface area contributed by atoms with E-state index in [-0.39, 0.29) is 24.2 Å². The summed E-state index contributed by atoms with van der Waals surface area (Å²) in [6.07, 6.45) is 0.800. The summed E-state index contributed by atoms with van der Waals surface area (Å²) in [4.78, 5) is 26.1. The molecule has 0 bridgehead atoms. The summed E-state index contributed by atoms with van der Waals surface area (Å²) in [6, 6.07) is 12.2. The Bertz CT molecular complexity index is 747. The van der Waals surface area contributed by atoms with Crippen LogP contribution in [0.15, 0.2) is 48.5 Å². The fraction of sp³-hybridized carbons (Fsp3) is 0.222. The fourth-order valence-corrected chi connectivity index (χ4v) is 2.89. The molecule has 2 aromatic rings. The number of anilines is 1. The Morgan fingerprint density at radius 3 is 2.50 bits per heavy atom. The smallest absolute Gasteiger partial charge is 0.243 e. The molecule has 0 radical (unpaired) electrons. The van der Waals surface area contributed by atoms with Gasteiger partial charge in [0, 0.05) is 23.7 Å². The van der Waals surface area contributed by atoms with Crippen LogP contribution in [0.5, 0.6) is 0 Å². The van der Waals surface area contributed by atoms with Crippen molar-refractivity contribution in [2.75, 3.05) is 4.90 Å². The van der Waals surface area contributed by atoms with Crippen LogP contribution in [0.3, 0.4) is 0 Å². The number of nitrogens with one attached hydrogen (secondary N) is 1. The van der Waals surface area contributed by atoms with Gasteiger partial charge in [-0.25, -0.2) is 4.39 Å². The zero-order chi connectivity index (χ0) is 17.1. The molecule has 1 aliphatic heterocycles. The molecular formula is C18H16ClFN2O2. The number of nitrogens with zero attached hydrogens (tertiary/aromatic N) is 1. The van der Waals surface area contributed by atoms with Crippen LogP contribution >= 0.6 is 11.6 Å². The van der Waals surface area contributed by atoms with E-state index in [9.17, 15) is 14.0 Å². The van der Waals surface area contributed by atoms with Crippen molar-refractivity contribution in [3.8, 4) is 0 Å². The summed E-state index contributed by atoms with van der Waals surface area (Å²) in [5.41, 5.74) is 1.45. The highest BCUT2D eigenvalue weighted by atomic mass is 35.5. The average molecular weight is 347 g/mol. The van der Waals surface area contributed by atoms with Crippen molar-refractivity contribution in [2.45, 2.75) is 25.4 Å². The van der Waals surface area contributed by atoms with E-state index in [1.165, 1.54) is 17.0 Å². The summed E-state index contributed by atoms with van der Waals surface area (Å²) >= 11 is 5.87. The zero-order valence-electron chi connectivity index (χ0n) is 12.8. The molecule has 0 saturated carbocycles. The maximum atomic E-state index is 12.9. The maximum Gasteiger partial charge on any atom is 0.243 e. The Labute approximate surface area is 144 Å². The number of rotatable bonds is 4. The van der Waals surface area contributed by atoms with Crippen LogP contribution in [-0.2, 0) is 16.1 Å². The predicted octanol–water partition coefficient (Wildman–Crippen LogP) is 3.29. The predicted molar refractivity (Wildman–Crippen MR) is 90.2 cm³/mol. The molecule has 1 aliphatic rings. The van der Waals surface area contributed by atoms with Crippen LogP contribution in [0, 0.1) is 5.82 Å². The molecule has 2 aromatic carbocycles. The Morgan fingerprint density at radius 2 is 1.83 bits per heavy atom. The average Bonchev–Trinajstić information content (AvgIpc) is 2.96. The van der Waals surface area contributed by atoms with Crippen LogP contribution in [0.4, 0.5) is 10.1 Å². The Hall–Kier alpha value is -2.40. The molecule has 124 valence electrons. The summed E-state index contributed by atoms with van der Waals surface area (Å²) in [5, 5.41) is 3.38. The summed E-state index contributed by atoms with van der Waals surface area (Å²) in [5.74, 6) is -0.625. The van der Waals surface area contributed by atoms with Gasteiger partial charge in [0.25, 0.3) is 0 Å². The summed E-state index contributed by atoms with van der Waals surface area (Å²) in [7, 11) is 0. The highest BCUT2D eigenvalue weighted by molar-refractivity contribution is 6.30. The molecule has 1 atom stereocenters. The Kier molecular flexibility index (Phi) is 4.81. The summed E-state index contributed by atoms with van der Waals surface area (Å²) < 4.78 is 12.9. The van der Waals surface area contributed by atoms with Gasteiger partial charge in [-0.05, 0) is 48.4 Å². The van der Waals surface area contributed by atoms with Gasteiger partial charge in [-0.2, -0.15) is 0 Å². The minimum atomic E-state index is -0.542. The molecule has 1 fully saturated rings. The number of benzene rings is 2. The lowest BCUT2D eigenvalue weighted by Gasteiger charge is -2.24. The third-order valence-electron chi connectivity index (χ3n) is 4.00. The molecule has 0 aromatic heterocycles. The summed E-state index contributed by atoms with van der Waals surface area (Å²) in [6.45, 7) is 0.290. The van der Waals surface area contributed by atoms with E-state index in [2.05, 4.69) is 5.32 Å². The number of halogens is 2. The van der Waals surface area contributed by atoms with E-state index in [0.717, 1.165) is 5.56 Å². The van der Waals surface area contributed by atoms with Gasteiger partial charge in [0.2, 0.25) is 11.8 Å². The van der Waals surface area contributed by atoms with Gasteiger partial charge >= 0.3 is 0 Å². The first-order valence-electron chi connectivity index (χ1n) is 7.64. The fourth-order valence-electron chi connectivity index (χ4n) is 2.77. The molecule has 6 heteroatoms. The van der Waals surface area contributed by atoms with E-state index in [1.807, 2.05) is 0 Å². The first-order chi connectivity index (χ1) is 11.5. The first-order valence-corrected chi connectivity index (χ1v) is 8.02. The minimum absolute atomic E-state index is 0.0840. The van der Waals surface area contributed by atoms with Crippen LogP contribution in [0.2, 0.25) is 5.02 Å². The zero-order valence-corrected chi connectivity index (χ0v) is 13.6. The van der Waals surface area contributed by atoms with Crippen molar-refractivity contribution in [1.82, 2.24) is 5.32 Å². The lowest BCUT2D eigenvalue weighted by molar-refractivity contribution is -0.124. The van der Waals surface area contributed by atoms with E-state index in [4.69, 9.17) is 11.6 Å². The van der Waals surface area contributed by atoms with Gasteiger partial charge in [-0.3, -0.25) is 14.5 Å². The first kappa shape index (κ1) is 16.5. The lowest BCUT2D eigenvalue weighted by Crippen LogP contribution is -2.44. The molecular weight excluding hydrogens is 331 g/mol. The normalized spacial score (nSPS) is 17.2. The van der Waals surface area contributed by atoms with E-state index in [0.29, 0.717) is 23.6 Å². The quantitative estimate of drug-likeness (QED) is 0.923. The molecule has 2 amide bonds. The van der Waals surface area contributed by atoms with Gasteiger partial charge in [0.15, 0.2) is 0 Å². The number of carbonyl (C=O) groups is 2. The van der Waals surface area contributed by atoms with Crippen molar-refractivity contribution in [3.63, 3.8) is 0 Å². The SMILES string of the molecule is O=C(NCc1ccc(F)cc1)C1CCC(=O)N1c1ccc(Cl)cc1. The van der Waals surface area contributed by atoms with Crippen LogP contribution in [0.1, 0.15) is 18.4 Å². The van der Waals surface area contributed by atoms with Crippen molar-refractivity contribution < 1.29 is 14.0 Å². The molecule has 1 saturated heterocycles. The maximum absolute atomic E-state index is 12.9. The van der Waals surface area contributed by atoms with Gasteiger partial charge in [0.1, 0.15) is 11.9 Å².